The van der Waals surface area contributed by atoms with Crippen LogP contribution in [0.5, 0.6) is 0 Å². The molecule has 0 heterocycles. The van der Waals surface area contributed by atoms with Crippen LogP contribution in [0.2, 0.25) is 0 Å². The molecular weight excluding hydrogens is 279 g/mol. The van der Waals surface area contributed by atoms with E-state index in [0.717, 1.165) is 16.5 Å². The standard InChI is InChI=1S/C18H15FN2O/c19-14-8-10-15(11-9-14)21-18(22)12-20-17-7-3-5-13-4-1-2-6-16(13)17/h1-11,20H,12H2,(H,21,22). The van der Waals surface area contributed by atoms with Crippen LogP contribution in [0.3, 0.4) is 0 Å². The van der Waals surface area contributed by atoms with Crippen molar-refractivity contribution in [3.8, 4) is 0 Å². The van der Waals surface area contributed by atoms with Crippen molar-refractivity contribution < 1.29 is 9.18 Å². The number of carbonyl (C=O) groups excluding carboxylic acids is 1. The molecule has 110 valence electrons. The summed E-state index contributed by atoms with van der Waals surface area (Å²) in [6.07, 6.45) is 0. The highest BCUT2D eigenvalue weighted by Gasteiger charge is 2.04. The maximum atomic E-state index is 12.8. The third kappa shape index (κ3) is 3.23. The first-order valence-corrected chi connectivity index (χ1v) is 6.99. The van der Waals surface area contributed by atoms with Crippen molar-refractivity contribution in [3.05, 3.63) is 72.5 Å². The largest absolute Gasteiger partial charge is 0.376 e. The second-order valence-electron chi connectivity index (χ2n) is 4.94. The zero-order valence-corrected chi connectivity index (χ0v) is 11.8. The fourth-order valence-corrected chi connectivity index (χ4v) is 2.29. The zero-order chi connectivity index (χ0) is 15.4. The summed E-state index contributed by atoms with van der Waals surface area (Å²) in [4.78, 5) is 11.9. The Morgan fingerprint density at radius 1 is 0.909 bits per heavy atom. The van der Waals surface area contributed by atoms with E-state index < -0.39 is 0 Å². The molecule has 0 aromatic heterocycles. The molecule has 3 rings (SSSR count). The molecule has 3 nitrogen and oxygen atoms in total. The minimum Gasteiger partial charge on any atom is -0.376 e. The number of hydrogen-bond donors (Lipinski definition) is 2. The molecule has 0 unspecified atom stereocenters. The SMILES string of the molecule is O=C(CNc1cccc2ccccc12)Nc1ccc(F)cc1. The second-order valence-corrected chi connectivity index (χ2v) is 4.94. The average molecular weight is 294 g/mol. The van der Waals surface area contributed by atoms with Crippen LogP contribution in [0, 0.1) is 5.82 Å². The van der Waals surface area contributed by atoms with Crippen LogP contribution in [-0.4, -0.2) is 12.5 Å². The van der Waals surface area contributed by atoms with Gasteiger partial charge in [0.05, 0.1) is 6.54 Å². The van der Waals surface area contributed by atoms with Gasteiger partial charge in [0.25, 0.3) is 0 Å². The molecule has 0 aliphatic heterocycles. The topological polar surface area (TPSA) is 41.1 Å². The smallest absolute Gasteiger partial charge is 0.243 e. The van der Waals surface area contributed by atoms with E-state index in [-0.39, 0.29) is 18.3 Å². The molecule has 0 fully saturated rings. The van der Waals surface area contributed by atoms with Gasteiger partial charge in [0.2, 0.25) is 5.91 Å². The van der Waals surface area contributed by atoms with Crippen LogP contribution < -0.4 is 10.6 Å². The molecule has 0 aliphatic carbocycles. The Morgan fingerprint density at radius 3 is 2.45 bits per heavy atom. The van der Waals surface area contributed by atoms with Crippen molar-refractivity contribution in [1.29, 1.82) is 0 Å². The highest BCUT2D eigenvalue weighted by Crippen LogP contribution is 2.22. The summed E-state index contributed by atoms with van der Waals surface area (Å²) >= 11 is 0. The molecule has 2 N–H and O–H groups in total. The van der Waals surface area contributed by atoms with Crippen LogP contribution in [0.25, 0.3) is 10.8 Å². The van der Waals surface area contributed by atoms with E-state index >= 15 is 0 Å². The predicted molar refractivity (Wildman–Crippen MR) is 87.5 cm³/mol. The third-order valence-electron chi connectivity index (χ3n) is 3.36. The lowest BCUT2D eigenvalue weighted by atomic mass is 10.1. The lowest BCUT2D eigenvalue weighted by Gasteiger charge is -2.10. The number of amides is 1. The number of carbonyl (C=O) groups is 1. The van der Waals surface area contributed by atoms with Gasteiger partial charge in [-0.1, -0.05) is 36.4 Å². The van der Waals surface area contributed by atoms with E-state index in [9.17, 15) is 9.18 Å². The maximum Gasteiger partial charge on any atom is 0.243 e. The molecule has 0 atom stereocenters. The van der Waals surface area contributed by atoms with Gasteiger partial charge in [-0.3, -0.25) is 4.79 Å². The average Bonchev–Trinajstić information content (AvgIpc) is 2.55. The van der Waals surface area contributed by atoms with E-state index in [4.69, 9.17) is 0 Å². The molecule has 0 saturated carbocycles. The lowest BCUT2D eigenvalue weighted by Crippen LogP contribution is -2.21. The monoisotopic (exact) mass is 294 g/mol. The first kappa shape index (κ1) is 14.1. The summed E-state index contributed by atoms with van der Waals surface area (Å²) < 4.78 is 12.8. The normalized spacial score (nSPS) is 10.4. The molecule has 0 radical (unpaired) electrons. The predicted octanol–water partition coefficient (Wildman–Crippen LogP) is 4.03. The van der Waals surface area contributed by atoms with Crippen LogP contribution in [0.1, 0.15) is 0 Å². The van der Waals surface area contributed by atoms with Crippen LogP contribution >= 0.6 is 0 Å². The number of halogens is 1. The Hall–Kier alpha value is -2.88. The van der Waals surface area contributed by atoms with Gasteiger partial charge >= 0.3 is 0 Å². The first-order valence-electron chi connectivity index (χ1n) is 6.99. The minimum absolute atomic E-state index is 0.144. The summed E-state index contributed by atoms with van der Waals surface area (Å²) in [5.74, 6) is -0.508. The van der Waals surface area contributed by atoms with Gasteiger partial charge < -0.3 is 10.6 Å². The molecule has 1 amide bonds. The van der Waals surface area contributed by atoms with E-state index in [2.05, 4.69) is 10.6 Å². The van der Waals surface area contributed by atoms with Crippen molar-refractivity contribution in [3.63, 3.8) is 0 Å². The molecular formula is C18H15FN2O. The van der Waals surface area contributed by atoms with E-state index in [1.54, 1.807) is 0 Å². The van der Waals surface area contributed by atoms with Gasteiger partial charge in [-0.2, -0.15) is 0 Å². The fourth-order valence-electron chi connectivity index (χ4n) is 2.29. The maximum absolute atomic E-state index is 12.8. The van der Waals surface area contributed by atoms with Crippen molar-refractivity contribution in [2.45, 2.75) is 0 Å². The Labute approximate surface area is 127 Å². The van der Waals surface area contributed by atoms with Gasteiger partial charge in [0.15, 0.2) is 0 Å². The number of hydrogen-bond acceptors (Lipinski definition) is 2. The molecule has 0 spiro atoms. The van der Waals surface area contributed by atoms with Crippen molar-refractivity contribution >= 4 is 28.1 Å². The summed E-state index contributed by atoms with van der Waals surface area (Å²) in [6, 6.07) is 19.6. The number of benzene rings is 3. The van der Waals surface area contributed by atoms with E-state index in [0.29, 0.717) is 5.69 Å². The van der Waals surface area contributed by atoms with Crippen LogP contribution in [0.15, 0.2) is 66.7 Å². The molecule has 3 aromatic carbocycles. The molecule has 0 bridgehead atoms. The molecule has 0 aliphatic rings. The summed E-state index contributed by atoms with van der Waals surface area (Å²) in [5.41, 5.74) is 1.48. The second kappa shape index (κ2) is 6.26. The Morgan fingerprint density at radius 2 is 1.64 bits per heavy atom. The molecule has 4 heteroatoms. The van der Waals surface area contributed by atoms with Gasteiger partial charge in [-0.15, -0.1) is 0 Å². The van der Waals surface area contributed by atoms with Crippen LogP contribution in [-0.2, 0) is 4.79 Å². The van der Waals surface area contributed by atoms with Crippen LogP contribution in [0.4, 0.5) is 15.8 Å². The van der Waals surface area contributed by atoms with Crippen molar-refractivity contribution in [2.24, 2.45) is 0 Å². The fraction of sp³-hybridized carbons (Fsp3) is 0.0556. The van der Waals surface area contributed by atoms with Gasteiger partial charge in [-0.25, -0.2) is 4.39 Å². The summed E-state index contributed by atoms with van der Waals surface area (Å²) in [7, 11) is 0. The summed E-state index contributed by atoms with van der Waals surface area (Å²) in [6.45, 7) is 0.144. The number of nitrogens with one attached hydrogen (secondary N) is 2. The quantitative estimate of drug-likeness (QED) is 0.762. The molecule has 3 aromatic rings. The number of anilines is 2. The van der Waals surface area contributed by atoms with Gasteiger partial charge in [0.1, 0.15) is 5.82 Å². The zero-order valence-electron chi connectivity index (χ0n) is 11.8. The van der Waals surface area contributed by atoms with Gasteiger partial charge in [0, 0.05) is 16.8 Å². The van der Waals surface area contributed by atoms with Crippen molar-refractivity contribution in [2.75, 3.05) is 17.2 Å². The van der Waals surface area contributed by atoms with Gasteiger partial charge in [-0.05, 0) is 35.7 Å². The Balaban J connectivity index is 1.66. The lowest BCUT2D eigenvalue weighted by molar-refractivity contribution is -0.114. The highest BCUT2D eigenvalue weighted by atomic mass is 19.1. The highest BCUT2D eigenvalue weighted by molar-refractivity contribution is 5.97. The molecule has 22 heavy (non-hydrogen) atoms. The van der Waals surface area contributed by atoms with E-state index in [1.807, 2.05) is 42.5 Å². The first-order chi connectivity index (χ1) is 10.7. The summed E-state index contributed by atoms with van der Waals surface area (Å²) in [5, 5.41) is 8.04. The minimum atomic E-state index is -0.327. The number of rotatable bonds is 4. The van der Waals surface area contributed by atoms with E-state index in [1.165, 1.54) is 24.3 Å². The third-order valence-corrected chi connectivity index (χ3v) is 3.36. The Bertz CT molecular complexity index is 794. The number of fused-ring (bicyclic) bond motifs is 1. The molecule has 0 saturated heterocycles. The van der Waals surface area contributed by atoms with Crippen molar-refractivity contribution in [1.82, 2.24) is 0 Å². The Kier molecular flexibility index (Phi) is 4.01.